The molecule has 20 heavy (non-hydrogen) atoms. The molecule has 0 heterocycles. The second-order valence-corrected chi connectivity index (χ2v) is 4.94. The van der Waals surface area contributed by atoms with Gasteiger partial charge in [-0.05, 0) is 19.9 Å². The highest BCUT2D eigenvalue weighted by Crippen LogP contribution is 2.26. The predicted molar refractivity (Wildman–Crippen MR) is 71.6 cm³/mol. The van der Waals surface area contributed by atoms with Crippen molar-refractivity contribution < 1.29 is 19.6 Å². The van der Waals surface area contributed by atoms with Crippen molar-refractivity contribution in [1.29, 1.82) is 0 Å². The molecule has 0 saturated heterocycles. The number of nitrogens with zero attached hydrogens (tertiary/aromatic N) is 1. The van der Waals surface area contributed by atoms with Gasteiger partial charge in [-0.3, -0.25) is 14.9 Å². The van der Waals surface area contributed by atoms with E-state index >= 15 is 0 Å². The molecule has 1 aromatic carbocycles. The van der Waals surface area contributed by atoms with E-state index in [0.717, 1.165) is 18.2 Å². The van der Waals surface area contributed by atoms with Gasteiger partial charge in [-0.1, -0.05) is 0 Å². The Labute approximate surface area is 114 Å². The Morgan fingerprint density at radius 2 is 2.05 bits per heavy atom. The number of primary amides is 1. The monoisotopic (exact) mass is 281 g/mol. The molecule has 1 amide bonds. The summed E-state index contributed by atoms with van der Waals surface area (Å²) in [4.78, 5) is 32.2. The van der Waals surface area contributed by atoms with Gasteiger partial charge in [-0.2, -0.15) is 0 Å². The summed E-state index contributed by atoms with van der Waals surface area (Å²) in [5, 5.41) is 22.6. The largest absolute Gasteiger partial charge is 0.478 e. The summed E-state index contributed by atoms with van der Waals surface area (Å²) >= 11 is 0. The standard InChI is InChI=1S/C12H15N3O5/c1-12(2,6-10(13)16)14-9-5-7(15(19)20)3-4-8(9)11(17)18/h3-5,14H,6H2,1-2H3,(H2,13,16)(H,17,18). The van der Waals surface area contributed by atoms with Gasteiger partial charge < -0.3 is 16.2 Å². The Morgan fingerprint density at radius 1 is 1.45 bits per heavy atom. The Bertz CT molecular complexity index is 568. The lowest BCUT2D eigenvalue weighted by atomic mass is 9.98. The SMILES string of the molecule is CC(C)(CC(N)=O)Nc1cc([N+](=O)[O-])ccc1C(=O)O. The third-order valence-corrected chi connectivity index (χ3v) is 2.53. The molecule has 0 aliphatic rings. The number of hydrogen-bond donors (Lipinski definition) is 3. The molecule has 1 rings (SSSR count). The predicted octanol–water partition coefficient (Wildman–Crippen LogP) is 1.36. The number of nitrogens with one attached hydrogen (secondary N) is 1. The molecule has 0 atom stereocenters. The summed E-state index contributed by atoms with van der Waals surface area (Å²) < 4.78 is 0. The Morgan fingerprint density at radius 3 is 2.50 bits per heavy atom. The molecule has 4 N–H and O–H groups in total. The second kappa shape index (κ2) is 5.55. The highest BCUT2D eigenvalue weighted by Gasteiger charge is 2.24. The number of nitro benzene ring substituents is 1. The minimum atomic E-state index is -1.22. The first-order valence-corrected chi connectivity index (χ1v) is 5.70. The van der Waals surface area contributed by atoms with Crippen molar-refractivity contribution in [2.45, 2.75) is 25.8 Å². The van der Waals surface area contributed by atoms with Crippen molar-refractivity contribution in [1.82, 2.24) is 0 Å². The van der Waals surface area contributed by atoms with Gasteiger partial charge in [0.2, 0.25) is 5.91 Å². The molecular formula is C12H15N3O5. The molecule has 0 saturated carbocycles. The van der Waals surface area contributed by atoms with Crippen LogP contribution in [0.1, 0.15) is 30.6 Å². The van der Waals surface area contributed by atoms with Gasteiger partial charge in [0.25, 0.3) is 5.69 Å². The van der Waals surface area contributed by atoms with Crippen LogP contribution in [0.2, 0.25) is 0 Å². The average Bonchev–Trinajstić information content (AvgIpc) is 2.25. The molecule has 8 nitrogen and oxygen atoms in total. The van der Waals surface area contributed by atoms with E-state index < -0.39 is 22.3 Å². The molecule has 0 aliphatic heterocycles. The number of nitro groups is 1. The maximum absolute atomic E-state index is 11.1. The number of carbonyl (C=O) groups is 2. The number of hydrogen-bond acceptors (Lipinski definition) is 5. The van der Waals surface area contributed by atoms with Gasteiger partial charge in [0.05, 0.1) is 16.2 Å². The van der Waals surface area contributed by atoms with E-state index in [0.29, 0.717) is 0 Å². The fourth-order valence-corrected chi connectivity index (χ4v) is 1.78. The van der Waals surface area contributed by atoms with E-state index in [1.807, 2.05) is 0 Å². The zero-order chi connectivity index (χ0) is 15.5. The highest BCUT2D eigenvalue weighted by atomic mass is 16.6. The lowest BCUT2D eigenvalue weighted by Gasteiger charge is -2.26. The van der Waals surface area contributed by atoms with Crippen LogP contribution in [0.15, 0.2) is 18.2 Å². The minimum Gasteiger partial charge on any atom is -0.478 e. The third kappa shape index (κ3) is 3.94. The van der Waals surface area contributed by atoms with Crippen molar-refractivity contribution >= 4 is 23.3 Å². The second-order valence-electron chi connectivity index (χ2n) is 4.94. The first kappa shape index (κ1) is 15.4. The van der Waals surface area contributed by atoms with Crippen LogP contribution in [0, 0.1) is 10.1 Å². The Hall–Kier alpha value is -2.64. The number of carbonyl (C=O) groups excluding carboxylic acids is 1. The summed E-state index contributed by atoms with van der Waals surface area (Å²) in [6.45, 7) is 3.28. The van der Waals surface area contributed by atoms with Crippen molar-refractivity contribution in [2.24, 2.45) is 5.73 Å². The Kier molecular flexibility index (Phi) is 4.28. The van der Waals surface area contributed by atoms with E-state index in [1.165, 1.54) is 0 Å². The van der Waals surface area contributed by atoms with Crippen LogP contribution < -0.4 is 11.1 Å². The molecule has 0 aromatic heterocycles. The molecule has 0 fully saturated rings. The van der Waals surface area contributed by atoms with Gasteiger partial charge >= 0.3 is 5.97 Å². The normalized spacial score (nSPS) is 10.9. The van der Waals surface area contributed by atoms with Gasteiger partial charge in [0.15, 0.2) is 0 Å². The maximum atomic E-state index is 11.1. The number of non-ortho nitro benzene ring substituents is 1. The topological polar surface area (TPSA) is 136 Å². The number of rotatable bonds is 6. The lowest BCUT2D eigenvalue weighted by molar-refractivity contribution is -0.384. The smallest absolute Gasteiger partial charge is 0.337 e. The lowest BCUT2D eigenvalue weighted by Crippen LogP contribution is -2.36. The van der Waals surface area contributed by atoms with Crippen molar-refractivity contribution in [3.63, 3.8) is 0 Å². The number of carboxylic acids is 1. The van der Waals surface area contributed by atoms with Gasteiger partial charge in [0, 0.05) is 24.1 Å². The van der Waals surface area contributed by atoms with Crippen LogP contribution in [0.3, 0.4) is 0 Å². The van der Waals surface area contributed by atoms with Crippen molar-refractivity contribution in [3.05, 3.63) is 33.9 Å². The number of amides is 1. The summed E-state index contributed by atoms with van der Waals surface area (Å²) in [5.41, 5.74) is 3.98. The molecule has 8 heteroatoms. The molecule has 1 aromatic rings. The fraction of sp³-hybridized carbons (Fsp3) is 0.333. The zero-order valence-electron chi connectivity index (χ0n) is 11.0. The fourth-order valence-electron chi connectivity index (χ4n) is 1.78. The van der Waals surface area contributed by atoms with Crippen LogP contribution in [0.25, 0.3) is 0 Å². The van der Waals surface area contributed by atoms with Gasteiger partial charge in [-0.15, -0.1) is 0 Å². The minimum absolute atomic E-state index is 0.0469. The number of nitrogens with two attached hydrogens (primary N) is 1. The molecule has 0 unspecified atom stereocenters. The van der Waals surface area contributed by atoms with Crippen molar-refractivity contribution in [3.8, 4) is 0 Å². The van der Waals surface area contributed by atoms with E-state index in [2.05, 4.69) is 5.32 Å². The average molecular weight is 281 g/mol. The Balaban J connectivity index is 3.19. The summed E-state index contributed by atoms with van der Waals surface area (Å²) in [5.74, 6) is -1.79. The molecule has 108 valence electrons. The van der Waals surface area contributed by atoms with Crippen LogP contribution in [0.4, 0.5) is 11.4 Å². The zero-order valence-corrected chi connectivity index (χ0v) is 11.0. The molecular weight excluding hydrogens is 266 g/mol. The van der Waals surface area contributed by atoms with E-state index in [1.54, 1.807) is 13.8 Å². The molecule has 0 aliphatic carbocycles. The molecule has 0 radical (unpaired) electrons. The van der Waals surface area contributed by atoms with Crippen LogP contribution in [-0.2, 0) is 4.79 Å². The van der Waals surface area contributed by atoms with Crippen LogP contribution in [0.5, 0.6) is 0 Å². The summed E-state index contributed by atoms with van der Waals surface area (Å²) in [6, 6.07) is 3.37. The summed E-state index contributed by atoms with van der Waals surface area (Å²) in [6.07, 6.45) is -0.0469. The quantitative estimate of drug-likeness (QED) is 0.532. The number of aromatic carboxylic acids is 1. The molecule has 0 spiro atoms. The first-order chi connectivity index (χ1) is 9.12. The number of anilines is 1. The number of benzene rings is 1. The van der Waals surface area contributed by atoms with E-state index in [4.69, 9.17) is 10.8 Å². The van der Waals surface area contributed by atoms with E-state index in [-0.39, 0.29) is 23.4 Å². The van der Waals surface area contributed by atoms with Crippen molar-refractivity contribution in [2.75, 3.05) is 5.32 Å². The first-order valence-electron chi connectivity index (χ1n) is 5.70. The van der Waals surface area contributed by atoms with Crippen LogP contribution >= 0.6 is 0 Å². The highest BCUT2D eigenvalue weighted by molar-refractivity contribution is 5.95. The summed E-state index contributed by atoms with van der Waals surface area (Å²) in [7, 11) is 0. The van der Waals surface area contributed by atoms with Crippen LogP contribution in [-0.4, -0.2) is 27.4 Å². The maximum Gasteiger partial charge on any atom is 0.337 e. The number of carboxylic acid groups (broad SMARTS) is 1. The van der Waals surface area contributed by atoms with Gasteiger partial charge in [-0.25, -0.2) is 4.79 Å². The van der Waals surface area contributed by atoms with E-state index in [9.17, 15) is 19.7 Å². The van der Waals surface area contributed by atoms with Gasteiger partial charge in [0.1, 0.15) is 0 Å². The molecule has 0 bridgehead atoms. The third-order valence-electron chi connectivity index (χ3n) is 2.53.